The van der Waals surface area contributed by atoms with Gasteiger partial charge in [-0.3, -0.25) is 0 Å². The summed E-state index contributed by atoms with van der Waals surface area (Å²) in [6.07, 6.45) is 1.07. The largest absolute Gasteiger partial charge is 0.248 e. The molecule has 0 saturated carbocycles. The Labute approximate surface area is 113 Å². The van der Waals surface area contributed by atoms with Crippen LogP contribution in [0.25, 0.3) is 22.2 Å². The fraction of sp³-hybridized carbons (Fsp3) is 0.167. The maximum Gasteiger partial charge on any atom is 0.0738 e. The predicted octanol–water partition coefficient (Wildman–Crippen LogP) is 4.77. The Bertz CT molecular complexity index is 711. The molecule has 19 heavy (non-hydrogen) atoms. The van der Waals surface area contributed by atoms with Crippen molar-refractivity contribution in [2.75, 3.05) is 0 Å². The third kappa shape index (κ3) is 2.24. The lowest BCUT2D eigenvalue weighted by molar-refractivity contribution is 1.14. The van der Waals surface area contributed by atoms with E-state index < -0.39 is 0 Å². The van der Waals surface area contributed by atoms with E-state index in [0.29, 0.717) is 0 Å². The Morgan fingerprint density at radius 2 is 1.68 bits per heavy atom. The summed E-state index contributed by atoms with van der Waals surface area (Å²) in [5.74, 6) is 0. The molecule has 3 rings (SSSR count). The van der Waals surface area contributed by atoms with Crippen molar-refractivity contribution in [3.63, 3.8) is 0 Å². The molecule has 1 heterocycles. The Hall–Kier alpha value is -2.15. The lowest BCUT2D eigenvalue weighted by Gasteiger charge is -2.06. The van der Waals surface area contributed by atoms with Crippen LogP contribution in [0.15, 0.2) is 54.6 Å². The molecule has 0 radical (unpaired) electrons. The summed E-state index contributed by atoms with van der Waals surface area (Å²) < 4.78 is 0. The second-order valence-electron chi connectivity index (χ2n) is 4.89. The molecule has 0 fully saturated rings. The van der Waals surface area contributed by atoms with Crippen LogP contribution in [0.1, 0.15) is 18.1 Å². The molecule has 94 valence electrons. The molecule has 1 heteroatoms. The average molecular weight is 247 g/mol. The molecule has 2 aromatic carbocycles. The van der Waals surface area contributed by atoms with Gasteiger partial charge in [0.2, 0.25) is 0 Å². The van der Waals surface area contributed by atoms with E-state index in [2.05, 4.69) is 68.4 Å². The van der Waals surface area contributed by atoms with E-state index in [9.17, 15) is 0 Å². The van der Waals surface area contributed by atoms with Crippen LogP contribution in [0.5, 0.6) is 0 Å². The first-order valence-electron chi connectivity index (χ1n) is 6.73. The molecule has 0 aliphatic carbocycles. The zero-order valence-corrected chi connectivity index (χ0v) is 11.4. The molecule has 0 atom stereocenters. The van der Waals surface area contributed by atoms with Crippen LogP contribution < -0.4 is 0 Å². The molecule has 1 aromatic heterocycles. The number of hydrogen-bond donors (Lipinski definition) is 0. The molecule has 0 aliphatic heterocycles. The molecule has 0 spiro atoms. The maximum atomic E-state index is 4.80. The van der Waals surface area contributed by atoms with Gasteiger partial charge in [0, 0.05) is 10.9 Å². The minimum Gasteiger partial charge on any atom is -0.248 e. The number of nitrogens with zero attached hydrogens (tertiary/aromatic N) is 1. The van der Waals surface area contributed by atoms with E-state index in [1.807, 2.05) is 0 Å². The molecular weight excluding hydrogens is 230 g/mol. The molecular formula is C18H17N. The molecule has 0 unspecified atom stereocenters. The highest BCUT2D eigenvalue weighted by Crippen LogP contribution is 2.23. The highest BCUT2D eigenvalue weighted by molar-refractivity contribution is 5.84. The second kappa shape index (κ2) is 4.85. The third-order valence-corrected chi connectivity index (χ3v) is 3.58. The Morgan fingerprint density at radius 3 is 2.42 bits per heavy atom. The number of para-hydroxylation sites is 1. The van der Waals surface area contributed by atoms with Crippen LogP contribution in [0, 0.1) is 6.92 Å². The maximum absolute atomic E-state index is 4.80. The number of hydrogen-bond acceptors (Lipinski definition) is 1. The summed E-state index contributed by atoms with van der Waals surface area (Å²) in [5.41, 5.74) is 5.91. The first-order valence-corrected chi connectivity index (χ1v) is 6.73. The topological polar surface area (TPSA) is 12.9 Å². The first-order chi connectivity index (χ1) is 9.28. The third-order valence-electron chi connectivity index (χ3n) is 3.58. The van der Waals surface area contributed by atoms with Gasteiger partial charge < -0.3 is 0 Å². The van der Waals surface area contributed by atoms with Crippen molar-refractivity contribution in [3.8, 4) is 11.3 Å². The summed E-state index contributed by atoms with van der Waals surface area (Å²) in [6, 6.07) is 19.2. The molecule has 0 bridgehead atoms. The minimum absolute atomic E-state index is 1.05. The predicted molar refractivity (Wildman–Crippen MR) is 81.3 cm³/mol. The smallest absolute Gasteiger partial charge is 0.0738 e. The van der Waals surface area contributed by atoms with Crippen molar-refractivity contribution in [2.45, 2.75) is 20.3 Å². The van der Waals surface area contributed by atoms with E-state index in [1.54, 1.807) is 0 Å². The van der Waals surface area contributed by atoms with Gasteiger partial charge in [-0.25, -0.2) is 4.98 Å². The number of aryl methyl sites for hydroxylation is 2. The number of pyridine rings is 1. The van der Waals surface area contributed by atoms with Crippen LogP contribution in [0.2, 0.25) is 0 Å². The molecule has 0 saturated heterocycles. The average Bonchev–Trinajstić information content (AvgIpc) is 2.47. The summed E-state index contributed by atoms with van der Waals surface area (Å²) >= 11 is 0. The molecule has 3 aromatic rings. The highest BCUT2D eigenvalue weighted by atomic mass is 14.7. The second-order valence-corrected chi connectivity index (χ2v) is 4.89. The van der Waals surface area contributed by atoms with Crippen molar-refractivity contribution in [1.82, 2.24) is 4.98 Å². The molecule has 1 nitrogen and oxygen atoms in total. The number of fused-ring (bicyclic) bond motifs is 1. The van der Waals surface area contributed by atoms with Gasteiger partial charge >= 0.3 is 0 Å². The van der Waals surface area contributed by atoms with Crippen LogP contribution in [0.4, 0.5) is 0 Å². The number of rotatable bonds is 2. The quantitative estimate of drug-likeness (QED) is 0.635. The van der Waals surface area contributed by atoms with Gasteiger partial charge in [-0.15, -0.1) is 0 Å². The van der Waals surface area contributed by atoms with E-state index in [0.717, 1.165) is 17.6 Å². The van der Waals surface area contributed by atoms with E-state index in [4.69, 9.17) is 4.98 Å². The first kappa shape index (κ1) is 11.9. The Kier molecular flexibility index (Phi) is 3.04. The minimum atomic E-state index is 1.05. The van der Waals surface area contributed by atoms with Crippen LogP contribution in [-0.2, 0) is 6.42 Å². The zero-order valence-electron chi connectivity index (χ0n) is 11.4. The lowest BCUT2D eigenvalue weighted by atomic mass is 10.1. The van der Waals surface area contributed by atoms with Crippen LogP contribution >= 0.6 is 0 Å². The van der Waals surface area contributed by atoms with Crippen molar-refractivity contribution < 1.29 is 0 Å². The van der Waals surface area contributed by atoms with Gasteiger partial charge in [-0.2, -0.15) is 0 Å². The lowest BCUT2D eigenvalue weighted by Crippen LogP contribution is -1.88. The van der Waals surface area contributed by atoms with Crippen LogP contribution in [0.3, 0.4) is 0 Å². The SMILES string of the molecule is CCc1ccc(-c2ccc3cccc(C)c3n2)cc1. The van der Waals surface area contributed by atoms with Gasteiger partial charge in [-0.05, 0) is 30.5 Å². The van der Waals surface area contributed by atoms with Crippen molar-refractivity contribution in [2.24, 2.45) is 0 Å². The van der Waals surface area contributed by atoms with Gasteiger partial charge in [-0.1, -0.05) is 55.5 Å². The molecule has 0 aliphatic rings. The number of aromatic nitrogens is 1. The van der Waals surface area contributed by atoms with Crippen molar-refractivity contribution >= 4 is 10.9 Å². The van der Waals surface area contributed by atoms with Crippen molar-refractivity contribution in [1.29, 1.82) is 0 Å². The highest BCUT2D eigenvalue weighted by Gasteiger charge is 2.03. The zero-order chi connectivity index (χ0) is 13.2. The molecule has 0 amide bonds. The van der Waals surface area contributed by atoms with Crippen molar-refractivity contribution in [3.05, 3.63) is 65.7 Å². The van der Waals surface area contributed by atoms with Gasteiger partial charge in [0.05, 0.1) is 11.2 Å². The summed E-state index contributed by atoms with van der Waals surface area (Å²) in [7, 11) is 0. The summed E-state index contributed by atoms with van der Waals surface area (Å²) in [6.45, 7) is 4.28. The Morgan fingerprint density at radius 1 is 0.895 bits per heavy atom. The molecule has 0 N–H and O–H groups in total. The van der Waals surface area contributed by atoms with E-state index in [1.165, 1.54) is 22.1 Å². The normalized spacial score (nSPS) is 10.8. The standard InChI is InChI=1S/C18H17N/c1-3-14-7-9-15(10-8-14)17-12-11-16-6-4-5-13(2)18(16)19-17/h4-12H,3H2,1-2H3. The van der Waals surface area contributed by atoms with E-state index >= 15 is 0 Å². The fourth-order valence-corrected chi connectivity index (χ4v) is 2.37. The van der Waals surface area contributed by atoms with Gasteiger partial charge in [0.15, 0.2) is 0 Å². The Balaban J connectivity index is 2.11. The fourth-order valence-electron chi connectivity index (χ4n) is 2.37. The van der Waals surface area contributed by atoms with E-state index in [-0.39, 0.29) is 0 Å². The summed E-state index contributed by atoms with van der Waals surface area (Å²) in [5, 5.41) is 1.20. The van der Waals surface area contributed by atoms with Gasteiger partial charge in [0.25, 0.3) is 0 Å². The number of benzene rings is 2. The summed E-state index contributed by atoms with van der Waals surface area (Å²) in [4.78, 5) is 4.80. The van der Waals surface area contributed by atoms with Crippen LogP contribution in [-0.4, -0.2) is 4.98 Å². The van der Waals surface area contributed by atoms with Gasteiger partial charge in [0.1, 0.15) is 0 Å². The monoisotopic (exact) mass is 247 g/mol.